The number of nitrogens with zero attached hydrogens (tertiary/aromatic N) is 1. The lowest BCUT2D eigenvalue weighted by Gasteiger charge is -2.27. The first kappa shape index (κ1) is 18.8. The van der Waals surface area contributed by atoms with E-state index in [1.165, 1.54) is 0 Å². The number of fused-ring (bicyclic) bond motifs is 1. The van der Waals surface area contributed by atoms with Crippen molar-refractivity contribution in [1.82, 2.24) is 15.5 Å². The molecule has 1 aromatic rings. The summed E-state index contributed by atoms with van der Waals surface area (Å²) < 4.78 is 0. The van der Waals surface area contributed by atoms with Crippen LogP contribution in [0.2, 0.25) is 0 Å². The molecule has 2 aliphatic heterocycles. The van der Waals surface area contributed by atoms with Crippen molar-refractivity contribution < 1.29 is 19.2 Å². The molecule has 0 bridgehead atoms. The fourth-order valence-electron chi connectivity index (χ4n) is 4.35. The third-order valence-corrected chi connectivity index (χ3v) is 5.85. The van der Waals surface area contributed by atoms with Crippen LogP contribution >= 0.6 is 0 Å². The zero-order chi connectivity index (χ0) is 19.8. The summed E-state index contributed by atoms with van der Waals surface area (Å²) in [4.78, 5) is 49.9. The minimum absolute atomic E-state index is 0.115. The Balaban J connectivity index is 1.43. The van der Waals surface area contributed by atoms with Gasteiger partial charge in [-0.2, -0.15) is 0 Å². The molecular formula is C20H24N4O4. The average molecular weight is 384 g/mol. The van der Waals surface area contributed by atoms with Gasteiger partial charge in [0.2, 0.25) is 11.8 Å². The lowest BCUT2D eigenvalue weighted by atomic mass is 10.0. The lowest BCUT2D eigenvalue weighted by molar-refractivity contribution is -0.136. The molecule has 4 amide bonds. The Morgan fingerprint density at radius 1 is 1.07 bits per heavy atom. The maximum absolute atomic E-state index is 12.8. The second-order valence-corrected chi connectivity index (χ2v) is 7.90. The maximum atomic E-state index is 12.8. The number of hydrogen-bond acceptors (Lipinski definition) is 6. The van der Waals surface area contributed by atoms with E-state index in [0.29, 0.717) is 29.6 Å². The van der Waals surface area contributed by atoms with Crippen LogP contribution in [0, 0.1) is 5.92 Å². The second-order valence-electron chi connectivity index (χ2n) is 7.90. The van der Waals surface area contributed by atoms with Crippen LogP contribution in [-0.4, -0.2) is 47.2 Å². The van der Waals surface area contributed by atoms with E-state index in [4.69, 9.17) is 5.73 Å². The molecule has 1 aliphatic carbocycles. The molecule has 3 aliphatic rings. The fourth-order valence-corrected chi connectivity index (χ4v) is 4.35. The summed E-state index contributed by atoms with van der Waals surface area (Å²) in [5, 5.41) is 5.60. The van der Waals surface area contributed by atoms with E-state index in [1.807, 2.05) is 6.07 Å². The fraction of sp³-hybridized carbons (Fsp3) is 0.500. The topological polar surface area (TPSA) is 122 Å². The molecule has 0 aromatic heterocycles. The summed E-state index contributed by atoms with van der Waals surface area (Å²) in [6.45, 7) is 1.47. The number of nitrogens with one attached hydrogen (secondary N) is 2. The Bertz CT molecular complexity index is 853. The molecule has 8 nitrogen and oxygen atoms in total. The Kier molecular flexibility index (Phi) is 4.99. The number of amides is 4. The molecule has 4 N–H and O–H groups in total. The number of nitrogens with two attached hydrogens (primary N) is 1. The lowest BCUT2D eigenvalue weighted by Crippen LogP contribution is -2.54. The highest BCUT2D eigenvalue weighted by Crippen LogP contribution is 2.28. The Labute approximate surface area is 162 Å². The molecule has 3 atom stereocenters. The van der Waals surface area contributed by atoms with Gasteiger partial charge in [-0.1, -0.05) is 6.07 Å². The van der Waals surface area contributed by atoms with Crippen LogP contribution in [0.5, 0.6) is 0 Å². The highest BCUT2D eigenvalue weighted by atomic mass is 16.2. The normalized spacial score (nSPS) is 27.3. The Morgan fingerprint density at radius 3 is 2.57 bits per heavy atom. The first-order chi connectivity index (χ1) is 13.4. The molecular weight excluding hydrogens is 360 g/mol. The standard InChI is InChI=1S/C20H24N4O4/c21-13-3-1-11(7-13)9-22-10-12-2-4-14-15(8-12)20(28)24(19(14)27)16-5-6-17(25)23-18(16)26/h2,4,8,11,13,16,22H,1,3,5-7,9-10,21H2,(H,23,25,26)/t11-,13+,16?/m0/s1. The number of benzene rings is 1. The summed E-state index contributed by atoms with van der Waals surface area (Å²) >= 11 is 0. The number of piperidine rings is 1. The van der Waals surface area contributed by atoms with Crippen molar-refractivity contribution in [3.05, 3.63) is 34.9 Å². The molecule has 28 heavy (non-hydrogen) atoms. The van der Waals surface area contributed by atoms with Gasteiger partial charge in [-0.25, -0.2) is 0 Å². The smallest absolute Gasteiger partial charge is 0.262 e. The monoisotopic (exact) mass is 384 g/mol. The van der Waals surface area contributed by atoms with Gasteiger partial charge in [0.25, 0.3) is 11.8 Å². The third-order valence-electron chi connectivity index (χ3n) is 5.85. The van der Waals surface area contributed by atoms with Crippen LogP contribution in [0.3, 0.4) is 0 Å². The first-order valence-electron chi connectivity index (χ1n) is 9.75. The minimum Gasteiger partial charge on any atom is -0.328 e. The highest BCUT2D eigenvalue weighted by Gasteiger charge is 2.44. The van der Waals surface area contributed by atoms with E-state index >= 15 is 0 Å². The molecule has 148 valence electrons. The first-order valence-corrected chi connectivity index (χ1v) is 9.75. The van der Waals surface area contributed by atoms with Crippen molar-refractivity contribution in [2.45, 2.75) is 50.7 Å². The van der Waals surface area contributed by atoms with E-state index < -0.39 is 23.8 Å². The van der Waals surface area contributed by atoms with Gasteiger partial charge in [-0.05, 0) is 55.8 Å². The van der Waals surface area contributed by atoms with Crippen LogP contribution in [0.1, 0.15) is 58.4 Å². The largest absolute Gasteiger partial charge is 0.328 e. The van der Waals surface area contributed by atoms with Gasteiger partial charge < -0.3 is 11.1 Å². The number of imide groups is 2. The van der Waals surface area contributed by atoms with E-state index in [0.717, 1.165) is 36.3 Å². The van der Waals surface area contributed by atoms with Gasteiger partial charge in [-0.3, -0.25) is 29.4 Å². The molecule has 8 heteroatoms. The van der Waals surface area contributed by atoms with Gasteiger partial charge in [0.05, 0.1) is 11.1 Å². The Hall–Kier alpha value is -2.58. The minimum atomic E-state index is -0.932. The molecule has 1 aromatic carbocycles. The van der Waals surface area contributed by atoms with Crippen molar-refractivity contribution in [2.75, 3.05) is 6.54 Å². The van der Waals surface area contributed by atoms with Crippen molar-refractivity contribution in [3.63, 3.8) is 0 Å². The summed E-state index contributed by atoms with van der Waals surface area (Å²) in [5.41, 5.74) is 7.47. The predicted octanol–water partition coefficient (Wildman–Crippen LogP) is 0.305. The third kappa shape index (κ3) is 3.45. The second kappa shape index (κ2) is 7.44. The van der Waals surface area contributed by atoms with Gasteiger partial charge in [-0.15, -0.1) is 0 Å². The SMILES string of the molecule is N[C@@H]1CC[C@H](CNCc2ccc3c(c2)C(=O)N(C2CCC(=O)NC2=O)C3=O)C1. The van der Waals surface area contributed by atoms with Crippen molar-refractivity contribution in [1.29, 1.82) is 0 Å². The molecule has 2 heterocycles. The number of rotatable bonds is 5. The van der Waals surface area contributed by atoms with E-state index in [9.17, 15) is 19.2 Å². The van der Waals surface area contributed by atoms with Crippen LogP contribution < -0.4 is 16.4 Å². The zero-order valence-electron chi connectivity index (χ0n) is 15.6. The number of carbonyl (C=O) groups excluding carboxylic acids is 4. The summed E-state index contributed by atoms with van der Waals surface area (Å²) in [6.07, 6.45) is 3.51. The predicted molar refractivity (Wildman–Crippen MR) is 100 cm³/mol. The van der Waals surface area contributed by atoms with Crippen molar-refractivity contribution in [3.8, 4) is 0 Å². The molecule has 1 saturated carbocycles. The van der Waals surface area contributed by atoms with Crippen molar-refractivity contribution in [2.24, 2.45) is 11.7 Å². The average Bonchev–Trinajstić information content (AvgIpc) is 3.17. The number of carbonyl (C=O) groups is 4. The van der Waals surface area contributed by atoms with Crippen molar-refractivity contribution >= 4 is 23.6 Å². The van der Waals surface area contributed by atoms with Gasteiger partial charge >= 0.3 is 0 Å². The Morgan fingerprint density at radius 2 is 1.86 bits per heavy atom. The quantitative estimate of drug-likeness (QED) is 0.628. The summed E-state index contributed by atoms with van der Waals surface area (Å²) in [6, 6.07) is 4.55. The summed E-state index contributed by atoms with van der Waals surface area (Å²) in [5.74, 6) is -1.35. The molecule has 1 unspecified atom stereocenters. The molecule has 0 spiro atoms. The molecule has 4 rings (SSSR count). The van der Waals surface area contributed by atoms with E-state index in [1.54, 1.807) is 12.1 Å². The van der Waals surface area contributed by atoms with Gasteiger partial charge in [0, 0.05) is 19.0 Å². The van der Waals surface area contributed by atoms with E-state index in [2.05, 4.69) is 10.6 Å². The number of hydrogen-bond donors (Lipinski definition) is 3. The van der Waals surface area contributed by atoms with Crippen LogP contribution in [-0.2, 0) is 16.1 Å². The van der Waals surface area contributed by atoms with Crippen LogP contribution in [0.25, 0.3) is 0 Å². The van der Waals surface area contributed by atoms with Gasteiger partial charge in [0.15, 0.2) is 0 Å². The van der Waals surface area contributed by atoms with Gasteiger partial charge in [0.1, 0.15) is 6.04 Å². The maximum Gasteiger partial charge on any atom is 0.262 e. The molecule has 2 fully saturated rings. The van der Waals surface area contributed by atoms with Crippen LogP contribution in [0.15, 0.2) is 18.2 Å². The zero-order valence-corrected chi connectivity index (χ0v) is 15.6. The summed E-state index contributed by atoms with van der Waals surface area (Å²) in [7, 11) is 0. The molecule has 0 radical (unpaired) electrons. The van der Waals surface area contributed by atoms with Crippen LogP contribution in [0.4, 0.5) is 0 Å². The molecule has 1 saturated heterocycles. The van der Waals surface area contributed by atoms with E-state index in [-0.39, 0.29) is 18.7 Å². The highest BCUT2D eigenvalue weighted by molar-refractivity contribution is 6.23.